The van der Waals surface area contributed by atoms with Gasteiger partial charge in [-0.05, 0) is 12.8 Å². The lowest BCUT2D eigenvalue weighted by molar-refractivity contribution is -0.228. The molecule has 1 saturated carbocycles. The molecule has 3 rings (SSSR count). The highest BCUT2D eigenvalue weighted by Gasteiger charge is 2.68. The Bertz CT molecular complexity index is 292. The highest BCUT2D eigenvalue weighted by molar-refractivity contribution is 5.75. The van der Waals surface area contributed by atoms with Crippen molar-refractivity contribution in [3.05, 3.63) is 0 Å². The zero-order valence-corrected chi connectivity index (χ0v) is 7.88. The van der Waals surface area contributed by atoms with E-state index >= 15 is 0 Å². The summed E-state index contributed by atoms with van der Waals surface area (Å²) in [6.07, 6.45) is 4.09. The van der Waals surface area contributed by atoms with Gasteiger partial charge >= 0.3 is 11.9 Å². The predicted octanol–water partition coefficient (Wildman–Crippen LogP) is 0.932. The molecule has 0 N–H and O–H groups in total. The highest BCUT2D eigenvalue weighted by atomic mass is 16.6. The summed E-state index contributed by atoms with van der Waals surface area (Å²) in [6.45, 7) is 0. The minimum absolute atomic E-state index is 0.146. The van der Waals surface area contributed by atoms with Crippen molar-refractivity contribution in [3.8, 4) is 0 Å². The van der Waals surface area contributed by atoms with Crippen molar-refractivity contribution in [2.75, 3.05) is 0 Å². The van der Waals surface area contributed by atoms with Gasteiger partial charge in [-0.2, -0.15) is 0 Å². The van der Waals surface area contributed by atoms with Crippen molar-refractivity contribution in [1.29, 1.82) is 0 Å². The van der Waals surface area contributed by atoms with E-state index in [1.54, 1.807) is 0 Å². The Morgan fingerprint density at radius 1 is 0.786 bits per heavy atom. The summed E-state index contributed by atoms with van der Waals surface area (Å²) in [5.41, 5.74) is -0.896. The molecule has 0 unspecified atom stereocenters. The minimum Gasteiger partial charge on any atom is -0.455 e. The SMILES string of the molecule is O=C1CC[C@]2(CC[C@]23CCC(=O)O3)O1. The molecule has 3 aliphatic rings. The molecular formula is C10H12O4. The van der Waals surface area contributed by atoms with Crippen molar-refractivity contribution in [2.24, 2.45) is 0 Å². The average Bonchev–Trinajstić information content (AvgIpc) is 2.71. The number of ether oxygens (including phenoxy) is 2. The van der Waals surface area contributed by atoms with Gasteiger partial charge in [0.1, 0.15) is 0 Å². The maximum Gasteiger partial charge on any atom is 0.306 e. The molecule has 2 atom stereocenters. The fourth-order valence-corrected chi connectivity index (χ4v) is 2.92. The summed E-state index contributed by atoms with van der Waals surface area (Å²) in [6, 6.07) is 0. The number of hydrogen-bond donors (Lipinski definition) is 0. The van der Waals surface area contributed by atoms with Crippen molar-refractivity contribution in [1.82, 2.24) is 0 Å². The van der Waals surface area contributed by atoms with Crippen LogP contribution in [0, 0.1) is 0 Å². The second-order valence-corrected chi connectivity index (χ2v) is 4.44. The van der Waals surface area contributed by atoms with Gasteiger partial charge in [-0.1, -0.05) is 0 Å². The molecule has 2 aliphatic heterocycles. The van der Waals surface area contributed by atoms with Gasteiger partial charge in [-0.25, -0.2) is 0 Å². The molecule has 3 fully saturated rings. The Morgan fingerprint density at radius 2 is 1.21 bits per heavy atom. The van der Waals surface area contributed by atoms with Crippen LogP contribution in [0.2, 0.25) is 0 Å². The van der Waals surface area contributed by atoms with Crippen LogP contribution in [-0.2, 0) is 19.1 Å². The molecule has 0 amide bonds. The van der Waals surface area contributed by atoms with Crippen LogP contribution in [0.25, 0.3) is 0 Å². The van der Waals surface area contributed by atoms with Crippen molar-refractivity contribution in [3.63, 3.8) is 0 Å². The zero-order valence-electron chi connectivity index (χ0n) is 7.88. The molecular weight excluding hydrogens is 184 g/mol. The molecule has 0 aromatic heterocycles. The van der Waals surface area contributed by atoms with Crippen LogP contribution in [0.3, 0.4) is 0 Å². The third kappa shape index (κ3) is 0.792. The average molecular weight is 196 g/mol. The number of carbonyl (C=O) groups is 2. The lowest BCUT2D eigenvalue weighted by Crippen LogP contribution is -2.62. The van der Waals surface area contributed by atoms with E-state index in [0.29, 0.717) is 12.8 Å². The molecule has 2 spiro atoms. The monoisotopic (exact) mass is 196 g/mol. The molecule has 0 radical (unpaired) electrons. The third-order valence-electron chi connectivity index (χ3n) is 3.85. The van der Waals surface area contributed by atoms with Gasteiger partial charge in [0, 0.05) is 25.7 Å². The molecule has 0 bridgehead atoms. The summed E-state index contributed by atoms with van der Waals surface area (Å²) < 4.78 is 10.7. The first-order chi connectivity index (χ1) is 6.66. The lowest BCUT2D eigenvalue weighted by atomic mass is 9.62. The van der Waals surface area contributed by atoms with E-state index in [2.05, 4.69) is 0 Å². The number of fused-ring (bicyclic) bond motifs is 1. The molecule has 0 aromatic rings. The number of carbonyl (C=O) groups excluding carboxylic acids is 2. The van der Waals surface area contributed by atoms with Crippen LogP contribution in [-0.4, -0.2) is 23.1 Å². The molecule has 0 aromatic carbocycles. The summed E-state index contributed by atoms with van der Waals surface area (Å²) >= 11 is 0. The quantitative estimate of drug-likeness (QED) is 0.541. The number of esters is 2. The predicted molar refractivity (Wildman–Crippen MR) is 45.3 cm³/mol. The maximum absolute atomic E-state index is 11.1. The maximum atomic E-state index is 11.1. The van der Waals surface area contributed by atoms with Crippen LogP contribution in [0.5, 0.6) is 0 Å². The molecule has 2 saturated heterocycles. The Balaban J connectivity index is 1.89. The largest absolute Gasteiger partial charge is 0.455 e. The van der Waals surface area contributed by atoms with Crippen molar-refractivity contribution >= 4 is 11.9 Å². The van der Waals surface area contributed by atoms with E-state index in [4.69, 9.17) is 9.47 Å². The molecule has 1 aliphatic carbocycles. The molecule has 4 heteroatoms. The first-order valence-electron chi connectivity index (χ1n) is 5.10. The van der Waals surface area contributed by atoms with Crippen LogP contribution in [0.4, 0.5) is 0 Å². The van der Waals surface area contributed by atoms with E-state index in [0.717, 1.165) is 25.7 Å². The zero-order chi connectivity index (χ0) is 9.81. The second kappa shape index (κ2) is 2.30. The summed E-state index contributed by atoms with van der Waals surface area (Å²) in [7, 11) is 0. The number of rotatable bonds is 0. The normalized spacial score (nSPS) is 45.4. The smallest absolute Gasteiger partial charge is 0.306 e. The molecule has 4 nitrogen and oxygen atoms in total. The van der Waals surface area contributed by atoms with Crippen LogP contribution in [0.15, 0.2) is 0 Å². The van der Waals surface area contributed by atoms with Gasteiger partial charge in [0.05, 0.1) is 0 Å². The second-order valence-electron chi connectivity index (χ2n) is 4.44. The van der Waals surface area contributed by atoms with E-state index < -0.39 is 11.2 Å². The van der Waals surface area contributed by atoms with E-state index in [-0.39, 0.29) is 11.9 Å². The van der Waals surface area contributed by atoms with Gasteiger partial charge < -0.3 is 9.47 Å². The first-order valence-corrected chi connectivity index (χ1v) is 5.10. The Morgan fingerprint density at radius 3 is 1.43 bits per heavy atom. The van der Waals surface area contributed by atoms with E-state index in [9.17, 15) is 9.59 Å². The summed E-state index contributed by atoms with van der Waals surface area (Å²) in [5, 5.41) is 0. The number of hydrogen-bond acceptors (Lipinski definition) is 4. The van der Waals surface area contributed by atoms with Gasteiger partial charge in [0.2, 0.25) is 0 Å². The topological polar surface area (TPSA) is 52.6 Å². The third-order valence-corrected chi connectivity index (χ3v) is 3.85. The van der Waals surface area contributed by atoms with Gasteiger partial charge in [-0.3, -0.25) is 9.59 Å². The summed E-state index contributed by atoms with van der Waals surface area (Å²) in [5.74, 6) is -0.293. The Kier molecular flexibility index (Phi) is 1.36. The standard InChI is InChI=1S/C10H12O4/c11-7-1-3-9(13-7)5-6-10(9)4-2-8(12)14-10/h1-6H2/t9-,10-/m1/s1. The Labute approximate surface area is 81.6 Å². The molecule has 14 heavy (non-hydrogen) atoms. The Hall–Kier alpha value is -1.06. The minimum atomic E-state index is -0.448. The van der Waals surface area contributed by atoms with Crippen LogP contribution < -0.4 is 0 Å². The van der Waals surface area contributed by atoms with E-state index in [1.807, 2.05) is 0 Å². The van der Waals surface area contributed by atoms with Gasteiger partial charge in [-0.15, -0.1) is 0 Å². The summed E-state index contributed by atoms with van der Waals surface area (Å²) in [4.78, 5) is 22.2. The van der Waals surface area contributed by atoms with Crippen molar-refractivity contribution in [2.45, 2.75) is 49.7 Å². The van der Waals surface area contributed by atoms with Crippen molar-refractivity contribution < 1.29 is 19.1 Å². The van der Waals surface area contributed by atoms with Crippen LogP contribution >= 0.6 is 0 Å². The van der Waals surface area contributed by atoms with E-state index in [1.165, 1.54) is 0 Å². The molecule has 76 valence electrons. The lowest BCUT2D eigenvalue weighted by Gasteiger charge is -2.52. The fraction of sp³-hybridized carbons (Fsp3) is 0.800. The first kappa shape index (κ1) is 8.26. The van der Waals surface area contributed by atoms with Crippen LogP contribution in [0.1, 0.15) is 38.5 Å². The van der Waals surface area contributed by atoms with Gasteiger partial charge in [0.25, 0.3) is 0 Å². The van der Waals surface area contributed by atoms with Gasteiger partial charge in [0.15, 0.2) is 11.2 Å². The highest BCUT2D eigenvalue weighted by Crippen LogP contribution is 2.57. The fourth-order valence-electron chi connectivity index (χ4n) is 2.92. The molecule has 2 heterocycles.